The van der Waals surface area contributed by atoms with Crippen LogP contribution in [0, 0.1) is 6.92 Å². The number of nitrogens with zero attached hydrogens (tertiary/aromatic N) is 2. The Morgan fingerprint density at radius 3 is 2.70 bits per heavy atom. The molecule has 0 radical (unpaired) electrons. The van der Waals surface area contributed by atoms with Crippen LogP contribution in [0.5, 0.6) is 0 Å². The van der Waals surface area contributed by atoms with Gasteiger partial charge in [-0.05, 0) is 43.7 Å². The number of thioether (sulfide) groups is 1. The number of nitrogens with one attached hydrogen (secondary N) is 1. The SMILES string of the molecule is CSc1ccc(CN(C(=O)NCc2csc(C)n2)C2CC2)cc1. The lowest BCUT2D eigenvalue weighted by molar-refractivity contribution is 0.191. The largest absolute Gasteiger partial charge is 0.332 e. The van der Waals surface area contributed by atoms with Crippen molar-refractivity contribution in [2.24, 2.45) is 0 Å². The number of rotatable bonds is 6. The zero-order valence-corrected chi connectivity index (χ0v) is 15.0. The predicted molar refractivity (Wildman–Crippen MR) is 95.9 cm³/mol. The van der Waals surface area contributed by atoms with Crippen molar-refractivity contribution in [1.82, 2.24) is 15.2 Å². The first-order chi connectivity index (χ1) is 11.2. The maximum absolute atomic E-state index is 12.5. The molecule has 1 aromatic heterocycles. The average molecular weight is 348 g/mol. The Morgan fingerprint density at radius 2 is 2.13 bits per heavy atom. The molecule has 0 spiro atoms. The molecule has 0 atom stereocenters. The summed E-state index contributed by atoms with van der Waals surface area (Å²) in [5.41, 5.74) is 2.11. The molecule has 0 saturated heterocycles. The van der Waals surface area contributed by atoms with E-state index in [4.69, 9.17) is 0 Å². The Kier molecular flexibility index (Phi) is 5.23. The van der Waals surface area contributed by atoms with Gasteiger partial charge in [0.15, 0.2) is 0 Å². The third-order valence-electron chi connectivity index (χ3n) is 3.85. The highest BCUT2D eigenvalue weighted by atomic mass is 32.2. The van der Waals surface area contributed by atoms with Gasteiger partial charge >= 0.3 is 6.03 Å². The first-order valence-electron chi connectivity index (χ1n) is 7.74. The zero-order chi connectivity index (χ0) is 16.2. The van der Waals surface area contributed by atoms with Gasteiger partial charge in [0.25, 0.3) is 0 Å². The van der Waals surface area contributed by atoms with Crippen LogP contribution >= 0.6 is 23.1 Å². The van der Waals surface area contributed by atoms with E-state index >= 15 is 0 Å². The number of amides is 2. The fourth-order valence-corrected chi connectivity index (χ4v) is 3.46. The van der Waals surface area contributed by atoms with Crippen LogP contribution < -0.4 is 5.32 Å². The number of benzene rings is 1. The van der Waals surface area contributed by atoms with Crippen LogP contribution in [0.2, 0.25) is 0 Å². The van der Waals surface area contributed by atoms with E-state index in [-0.39, 0.29) is 6.03 Å². The van der Waals surface area contributed by atoms with Gasteiger partial charge in [0, 0.05) is 22.9 Å². The summed E-state index contributed by atoms with van der Waals surface area (Å²) >= 11 is 3.34. The second-order valence-corrected chi connectivity index (χ2v) is 7.67. The smallest absolute Gasteiger partial charge is 0.318 e. The maximum atomic E-state index is 12.5. The Balaban J connectivity index is 1.60. The van der Waals surface area contributed by atoms with E-state index in [0.717, 1.165) is 23.5 Å². The molecule has 122 valence electrons. The molecular formula is C17H21N3OS2. The molecule has 1 saturated carbocycles. The summed E-state index contributed by atoms with van der Waals surface area (Å²) in [4.78, 5) is 20.1. The molecule has 1 fully saturated rings. The van der Waals surface area contributed by atoms with Crippen molar-refractivity contribution in [1.29, 1.82) is 0 Å². The van der Waals surface area contributed by atoms with E-state index in [2.05, 4.69) is 40.8 Å². The molecule has 1 N–H and O–H groups in total. The number of thiazole rings is 1. The quantitative estimate of drug-likeness (QED) is 0.802. The number of aryl methyl sites for hydroxylation is 1. The summed E-state index contributed by atoms with van der Waals surface area (Å²) in [7, 11) is 0. The van der Waals surface area contributed by atoms with E-state index in [1.54, 1.807) is 23.1 Å². The van der Waals surface area contributed by atoms with Crippen molar-refractivity contribution < 1.29 is 4.79 Å². The van der Waals surface area contributed by atoms with Gasteiger partial charge in [-0.2, -0.15) is 0 Å². The lowest BCUT2D eigenvalue weighted by atomic mass is 10.2. The molecule has 0 unspecified atom stereocenters. The van der Waals surface area contributed by atoms with Crippen molar-refractivity contribution in [3.05, 3.63) is 45.9 Å². The van der Waals surface area contributed by atoms with Gasteiger partial charge in [0.2, 0.25) is 0 Å². The highest BCUT2D eigenvalue weighted by Gasteiger charge is 2.32. The van der Waals surface area contributed by atoms with Crippen molar-refractivity contribution in [2.45, 2.75) is 43.8 Å². The van der Waals surface area contributed by atoms with Crippen LogP contribution in [0.15, 0.2) is 34.5 Å². The van der Waals surface area contributed by atoms with Gasteiger partial charge in [-0.15, -0.1) is 23.1 Å². The number of urea groups is 1. The summed E-state index contributed by atoms with van der Waals surface area (Å²) in [6, 6.07) is 8.83. The van der Waals surface area contributed by atoms with E-state index in [9.17, 15) is 4.79 Å². The molecule has 0 bridgehead atoms. The lowest BCUT2D eigenvalue weighted by Crippen LogP contribution is -2.40. The Hall–Kier alpha value is -1.53. The van der Waals surface area contributed by atoms with Gasteiger partial charge in [-0.1, -0.05) is 12.1 Å². The third kappa shape index (κ3) is 4.48. The number of carbonyl (C=O) groups excluding carboxylic acids is 1. The highest BCUT2D eigenvalue weighted by molar-refractivity contribution is 7.98. The molecule has 0 aliphatic heterocycles. The maximum Gasteiger partial charge on any atom is 0.318 e. The van der Waals surface area contributed by atoms with Crippen LogP contribution in [0.3, 0.4) is 0 Å². The van der Waals surface area contributed by atoms with Crippen LogP contribution in [0.1, 0.15) is 29.1 Å². The summed E-state index contributed by atoms with van der Waals surface area (Å²) < 4.78 is 0. The fourth-order valence-electron chi connectivity index (χ4n) is 2.44. The van der Waals surface area contributed by atoms with Crippen molar-refractivity contribution in [3.8, 4) is 0 Å². The normalized spacial score (nSPS) is 13.8. The number of carbonyl (C=O) groups is 1. The van der Waals surface area contributed by atoms with Crippen LogP contribution in [-0.4, -0.2) is 28.2 Å². The van der Waals surface area contributed by atoms with Crippen molar-refractivity contribution in [3.63, 3.8) is 0 Å². The number of hydrogen-bond donors (Lipinski definition) is 1. The number of aromatic nitrogens is 1. The van der Waals surface area contributed by atoms with E-state index in [1.807, 2.05) is 17.2 Å². The minimum Gasteiger partial charge on any atom is -0.332 e. The minimum atomic E-state index is 0.00657. The average Bonchev–Trinajstić information content (AvgIpc) is 3.32. The summed E-state index contributed by atoms with van der Waals surface area (Å²) in [6.45, 7) is 3.14. The minimum absolute atomic E-state index is 0.00657. The second kappa shape index (κ2) is 7.36. The lowest BCUT2D eigenvalue weighted by Gasteiger charge is -2.23. The number of hydrogen-bond acceptors (Lipinski definition) is 4. The second-order valence-electron chi connectivity index (χ2n) is 5.72. The van der Waals surface area contributed by atoms with Crippen molar-refractivity contribution in [2.75, 3.05) is 6.26 Å². The first-order valence-corrected chi connectivity index (χ1v) is 9.84. The predicted octanol–water partition coefficient (Wildman–Crippen LogP) is 4.05. The monoisotopic (exact) mass is 347 g/mol. The topological polar surface area (TPSA) is 45.2 Å². The molecular weight excluding hydrogens is 326 g/mol. The third-order valence-corrected chi connectivity index (χ3v) is 5.41. The fraction of sp³-hybridized carbons (Fsp3) is 0.412. The van der Waals surface area contributed by atoms with Crippen LogP contribution in [0.25, 0.3) is 0 Å². The Morgan fingerprint density at radius 1 is 1.39 bits per heavy atom. The van der Waals surface area contributed by atoms with Crippen molar-refractivity contribution >= 4 is 29.1 Å². The highest BCUT2D eigenvalue weighted by Crippen LogP contribution is 2.28. The molecule has 2 amide bonds. The van der Waals surface area contributed by atoms with E-state index in [0.29, 0.717) is 19.1 Å². The molecule has 1 aliphatic rings. The van der Waals surface area contributed by atoms with Crippen LogP contribution in [0.4, 0.5) is 4.79 Å². The van der Waals surface area contributed by atoms with Gasteiger partial charge in [0.1, 0.15) is 0 Å². The van der Waals surface area contributed by atoms with Gasteiger partial charge in [-0.3, -0.25) is 0 Å². The zero-order valence-electron chi connectivity index (χ0n) is 13.4. The molecule has 4 nitrogen and oxygen atoms in total. The Bertz CT molecular complexity index is 665. The first kappa shape index (κ1) is 16.3. The van der Waals surface area contributed by atoms with E-state index < -0.39 is 0 Å². The van der Waals surface area contributed by atoms with Gasteiger partial charge in [-0.25, -0.2) is 9.78 Å². The summed E-state index contributed by atoms with van der Waals surface area (Å²) in [6.07, 6.45) is 4.28. The van der Waals surface area contributed by atoms with E-state index in [1.165, 1.54) is 10.5 Å². The van der Waals surface area contributed by atoms with Gasteiger partial charge < -0.3 is 10.2 Å². The standard InChI is InChI=1S/C17H21N3OS2/c1-12-19-14(11-23-12)9-18-17(21)20(15-5-6-15)10-13-3-7-16(22-2)8-4-13/h3-4,7-8,11,15H,5-6,9-10H2,1-2H3,(H,18,21). The molecule has 1 aromatic carbocycles. The molecule has 2 aromatic rings. The molecule has 1 aliphatic carbocycles. The molecule has 1 heterocycles. The van der Waals surface area contributed by atoms with Gasteiger partial charge in [0.05, 0.1) is 17.2 Å². The molecule has 23 heavy (non-hydrogen) atoms. The Labute approximate surface area is 145 Å². The summed E-state index contributed by atoms with van der Waals surface area (Å²) in [5.74, 6) is 0. The van der Waals surface area contributed by atoms with Crippen LogP contribution in [-0.2, 0) is 13.1 Å². The molecule has 3 rings (SSSR count). The summed E-state index contributed by atoms with van der Waals surface area (Å²) in [5, 5.41) is 6.03. The molecule has 6 heteroatoms.